The van der Waals surface area contributed by atoms with Gasteiger partial charge in [-0.15, -0.1) is 0 Å². The molecule has 2 atom stereocenters. The number of nitrogens with one attached hydrogen (secondary N) is 1. The van der Waals surface area contributed by atoms with Crippen LogP contribution in [-0.2, 0) is 6.42 Å². The van der Waals surface area contributed by atoms with Gasteiger partial charge in [-0.25, -0.2) is 4.39 Å². The standard InChI is InChI=1S/C18H26FN/c1-12(2)20-11-18(9-15-7-16(15)10-18)8-14-4-5-17(19)6-13(14)3/h4-6,12,15-16,20H,7-11H2,1-3H3. The predicted molar refractivity (Wildman–Crippen MR) is 81.2 cm³/mol. The molecule has 0 radical (unpaired) electrons. The van der Waals surface area contributed by atoms with Crippen LogP contribution in [0.4, 0.5) is 4.39 Å². The van der Waals surface area contributed by atoms with E-state index in [-0.39, 0.29) is 5.82 Å². The van der Waals surface area contributed by atoms with Gasteiger partial charge in [0.05, 0.1) is 0 Å². The van der Waals surface area contributed by atoms with Gasteiger partial charge in [-0.3, -0.25) is 0 Å². The highest BCUT2D eigenvalue weighted by molar-refractivity contribution is 5.28. The lowest BCUT2D eigenvalue weighted by Crippen LogP contribution is -2.38. The van der Waals surface area contributed by atoms with Crippen LogP contribution >= 0.6 is 0 Å². The van der Waals surface area contributed by atoms with Gasteiger partial charge in [0, 0.05) is 12.6 Å². The minimum atomic E-state index is -0.116. The van der Waals surface area contributed by atoms with Crippen molar-refractivity contribution < 1.29 is 4.39 Å². The first-order valence-corrected chi connectivity index (χ1v) is 7.96. The van der Waals surface area contributed by atoms with Crippen LogP contribution < -0.4 is 5.32 Å². The zero-order valence-corrected chi connectivity index (χ0v) is 12.9. The van der Waals surface area contributed by atoms with Crippen LogP contribution in [-0.4, -0.2) is 12.6 Å². The van der Waals surface area contributed by atoms with E-state index in [1.165, 1.54) is 24.8 Å². The third kappa shape index (κ3) is 2.90. The third-order valence-electron chi connectivity index (χ3n) is 5.21. The predicted octanol–water partition coefficient (Wildman–Crippen LogP) is 4.09. The van der Waals surface area contributed by atoms with E-state index in [2.05, 4.69) is 19.2 Å². The Hall–Kier alpha value is -0.890. The van der Waals surface area contributed by atoms with Crippen molar-refractivity contribution in [3.05, 3.63) is 35.1 Å². The Labute approximate surface area is 122 Å². The van der Waals surface area contributed by atoms with Gasteiger partial charge >= 0.3 is 0 Å². The van der Waals surface area contributed by atoms with E-state index < -0.39 is 0 Å². The van der Waals surface area contributed by atoms with Crippen molar-refractivity contribution in [3.63, 3.8) is 0 Å². The van der Waals surface area contributed by atoms with Crippen LogP contribution in [0.5, 0.6) is 0 Å². The molecule has 2 fully saturated rings. The summed E-state index contributed by atoms with van der Waals surface area (Å²) in [5.41, 5.74) is 2.84. The first-order chi connectivity index (χ1) is 9.47. The Kier molecular flexibility index (Phi) is 3.62. The Bertz CT molecular complexity index is 484. The summed E-state index contributed by atoms with van der Waals surface area (Å²) < 4.78 is 13.3. The Morgan fingerprint density at radius 1 is 1.30 bits per heavy atom. The van der Waals surface area contributed by atoms with E-state index in [1.54, 1.807) is 12.1 Å². The zero-order valence-electron chi connectivity index (χ0n) is 12.9. The first-order valence-electron chi connectivity index (χ1n) is 7.96. The molecule has 3 rings (SSSR count). The lowest BCUT2D eigenvalue weighted by atomic mass is 9.76. The molecule has 110 valence electrons. The van der Waals surface area contributed by atoms with E-state index in [4.69, 9.17) is 0 Å². The molecular formula is C18H26FN. The van der Waals surface area contributed by atoms with Gasteiger partial charge in [-0.05, 0) is 73.1 Å². The quantitative estimate of drug-likeness (QED) is 0.853. The second-order valence-corrected chi connectivity index (χ2v) is 7.45. The second kappa shape index (κ2) is 5.14. The van der Waals surface area contributed by atoms with Gasteiger partial charge < -0.3 is 5.32 Å². The number of fused-ring (bicyclic) bond motifs is 1. The number of hydrogen-bond donors (Lipinski definition) is 1. The molecule has 2 unspecified atom stereocenters. The zero-order chi connectivity index (χ0) is 14.3. The van der Waals surface area contributed by atoms with Crippen LogP contribution in [0.15, 0.2) is 18.2 Å². The Morgan fingerprint density at radius 2 is 2.00 bits per heavy atom. The molecule has 2 aliphatic carbocycles. The topological polar surface area (TPSA) is 12.0 Å². The minimum absolute atomic E-state index is 0.116. The summed E-state index contributed by atoms with van der Waals surface area (Å²) >= 11 is 0. The lowest BCUT2D eigenvalue weighted by molar-refractivity contribution is 0.241. The van der Waals surface area contributed by atoms with Gasteiger partial charge in [0.2, 0.25) is 0 Å². The normalized spacial score (nSPS) is 31.6. The number of benzene rings is 1. The summed E-state index contributed by atoms with van der Waals surface area (Å²) in [4.78, 5) is 0. The van der Waals surface area contributed by atoms with Crippen LogP contribution in [0.2, 0.25) is 0 Å². The number of hydrogen-bond acceptors (Lipinski definition) is 1. The number of halogens is 1. The van der Waals surface area contributed by atoms with Gasteiger partial charge in [0.15, 0.2) is 0 Å². The number of aryl methyl sites for hydroxylation is 1. The molecule has 0 heterocycles. The van der Waals surface area contributed by atoms with Gasteiger partial charge in [0.1, 0.15) is 5.82 Å². The average molecular weight is 275 g/mol. The molecule has 2 saturated carbocycles. The largest absolute Gasteiger partial charge is 0.314 e. The fourth-order valence-electron chi connectivity index (χ4n) is 4.04. The van der Waals surface area contributed by atoms with Crippen LogP contribution in [0.3, 0.4) is 0 Å². The maximum absolute atomic E-state index is 13.3. The molecule has 0 spiro atoms. The molecule has 1 aromatic rings. The van der Waals surface area contributed by atoms with E-state index in [0.29, 0.717) is 11.5 Å². The van der Waals surface area contributed by atoms with Crippen molar-refractivity contribution >= 4 is 0 Å². The van der Waals surface area contributed by atoms with Crippen molar-refractivity contribution in [3.8, 4) is 0 Å². The minimum Gasteiger partial charge on any atom is -0.314 e. The van der Waals surface area contributed by atoms with Gasteiger partial charge in [-0.2, -0.15) is 0 Å². The Morgan fingerprint density at radius 3 is 2.60 bits per heavy atom. The van der Waals surface area contributed by atoms with Crippen molar-refractivity contribution in [1.82, 2.24) is 5.32 Å². The van der Waals surface area contributed by atoms with Gasteiger partial charge in [-0.1, -0.05) is 19.9 Å². The molecule has 0 bridgehead atoms. The highest BCUT2D eigenvalue weighted by Crippen LogP contribution is 2.60. The molecule has 20 heavy (non-hydrogen) atoms. The van der Waals surface area contributed by atoms with Crippen LogP contribution in [0, 0.1) is 30.0 Å². The molecule has 0 aliphatic heterocycles. The van der Waals surface area contributed by atoms with E-state index in [0.717, 1.165) is 30.4 Å². The third-order valence-corrected chi connectivity index (χ3v) is 5.21. The summed E-state index contributed by atoms with van der Waals surface area (Å²) in [7, 11) is 0. The summed E-state index contributed by atoms with van der Waals surface area (Å²) in [5, 5.41) is 3.65. The molecule has 1 aromatic carbocycles. The summed E-state index contributed by atoms with van der Waals surface area (Å²) in [6, 6.07) is 5.82. The van der Waals surface area contributed by atoms with Crippen molar-refractivity contribution in [2.75, 3.05) is 6.54 Å². The van der Waals surface area contributed by atoms with Crippen LogP contribution in [0.1, 0.15) is 44.2 Å². The summed E-state index contributed by atoms with van der Waals surface area (Å²) in [5.74, 6) is 1.84. The highest BCUT2D eigenvalue weighted by atomic mass is 19.1. The summed E-state index contributed by atoms with van der Waals surface area (Å²) in [6.45, 7) is 7.57. The molecule has 2 aliphatic rings. The fourth-order valence-corrected chi connectivity index (χ4v) is 4.04. The smallest absolute Gasteiger partial charge is 0.123 e. The maximum atomic E-state index is 13.3. The van der Waals surface area contributed by atoms with E-state index >= 15 is 0 Å². The molecule has 1 N–H and O–H groups in total. The molecule has 0 aromatic heterocycles. The second-order valence-electron chi connectivity index (χ2n) is 7.45. The lowest BCUT2D eigenvalue weighted by Gasteiger charge is -2.33. The number of rotatable bonds is 5. The van der Waals surface area contributed by atoms with Crippen molar-refractivity contribution in [1.29, 1.82) is 0 Å². The highest BCUT2D eigenvalue weighted by Gasteiger charge is 2.53. The van der Waals surface area contributed by atoms with Gasteiger partial charge in [0.25, 0.3) is 0 Å². The van der Waals surface area contributed by atoms with Crippen molar-refractivity contribution in [2.45, 2.75) is 52.5 Å². The molecular weight excluding hydrogens is 249 g/mol. The molecule has 0 saturated heterocycles. The Balaban J connectivity index is 1.76. The first kappa shape index (κ1) is 14.1. The molecule has 2 heteroatoms. The monoisotopic (exact) mass is 275 g/mol. The van der Waals surface area contributed by atoms with Crippen molar-refractivity contribution in [2.24, 2.45) is 17.3 Å². The van der Waals surface area contributed by atoms with E-state index in [1.807, 2.05) is 13.0 Å². The summed E-state index contributed by atoms with van der Waals surface area (Å²) in [6.07, 6.45) is 5.26. The molecule has 1 nitrogen and oxygen atoms in total. The SMILES string of the molecule is Cc1cc(F)ccc1CC1(CNC(C)C)CC2CC2C1. The molecule has 0 amide bonds. The average Bonchev–Trinajstić information content (AvgIpc) is 2.99. The maximum Gasteiger partial charge on any atom is 0.123 e. The van der Waals surface area contributed by atoms with E-state index in [9.17, 15) is 4.39 Å². The fraction of sp³-hybridized carbons (Fsp3) is 0.667. The van der Waals surface area contributed by atoms with Crippen LogP contribution in [0.25, 0.3) is 0 Å².